The number of anilines is 1. The molecule has 96 valence electrons. The summed E-state index contributed by atoms with van der Waals surface area (Å²) >= 11 is 1.62. The molecule has 0 spiro atoms. The molecule has 2 rings (SSSR count). The molecule has 18 heavy (non-hydrogen) atoms. The molecule has 0 saturated heterocycles. The zero-order valence-corrected chi connectivity index (χ0v) is 11.6. The van der Waals surface area contributed by atoms with Gasteiger partial charge in [0.05, 0.1) is 11.4 Å². The summed E-state index contributed by atoms with van der Waals surface area (Å²) in [7, 11) is 3.96. The molecule has 0 bridgehead atoms. The maximum Gasteiger partial charge on any atom is 0.182 e. The first-order chi connectivity index (χ1) is 8.70. The van der Waals surface area contributed by atoms with E-state index in [4.69, 9.17) is 0 Å². The van der Waals surface area contributed by atoms with Crippen molar-refractivity contribution in [1.29, 1.82) is 0 Å². The van der Waals surface area contributed by atoms with Gasteiger partial charge in [0.25, 0.3) is 0 Å². The van der Waals surface area contributed by atoms with Crippen LogP contribution in [0.5, 0.6) is 0 Å². The van der Waals surface area contributed by atoms with Gasteiger partial charge in [0.15, 0.2) is 5.13 Å². The van der Waals surface area contributed by atoms with Gasteiger partial charge in [-0.1, -0.05) is 0 Å². The summed E-state index contributed by atoms with van der Waals surface area (Å²) < 4.78 is 0. The van der Waals surface area contributed by atoms with E-state index in [1.54, 1.807) is 23.9 Å². The van der Waals surface area contributed by atoms with Gasteiger partial charge in [0.1, 0.15) is 6.33 Å². The molecule has 2 aromatic rings. The average molecular weight is 263 g/mol. The maximum absolute atomic E-state index is 4.48. The highest BCUT2D eigenvalue weighted by Gasteiger charge is 2.14. The third-order valence-electron chi connectivity index (χ3n) is 2.87. The Balaban J connectivity index is 2.01. The van der Waals surface area contributed by atoms with Gasteiger partial charge >= 0.3 is 0 Å². The Hall–Kier alpha value is -1.53. The first-order valence-corrected chi connectivity index (χ1v) is 6.67. The van der Waals surface area contributed by atoms with Crippen LogP contribution in [0.15, 0.2) is 24.0 Å². The smallest absolute Gasteiger partial charge is 0.182 e. The predicted octanol–water partition coefficient (Wildman–Crippen LogP) is 2.17. The lowest BCUT2D eigenvalue weighted by atomic mass is 10.2. The highest BCUT2D eigenvalue weighted by molar-refractivity contribution is 7.13. The van der Waals surface area contributed by atoms with Crippen LogP contribution in [0.3, 0.4) is 0 Å². The van der Waals surface area contributed by atoms with Crippen molar-refractivity contribution in [3.8, 4) is 0 Å². The summed E-state index contributed by atoms with van der Waals surface area (Å²) in [6.45, 7) is 2.94. The minimum atomic E-state index is 0.243. The van der Waals surface area contributed by atoms with Gasteiger partial charge in [-0.05, 0) is 20.0 Å². The molecular formula is C12H17N5S. The minimum Gasteiger partial charge on any atom is -0.365 e. The molecule has 1 unspecified atom stereocenters. The maximum atomic E-state index is 4.48. The summed E-state index contributed by atoms with van der Waals surface area (Å²) in [4.78, 5) is 14.9. The van der Waals surface area contributed by atoms with Gasteiger partial charge < -0.3 is 5.32 Å². The van der Waals surface area contributed by atoms with Crippen LogP contribution in [-0.2, 0) is 6.54 Å². The van der Waals surface area contributed by atoms with Crippen LogP contribution in [0.25, 0.3) is 0 Å². The SMILES string of the molecule is CNc1nc(CN(C)C(C)c2ccncn2)cs1. The van der Waals surface area contributed by atoms with E-state index in [1.165, 1.54) is 0 Å². The van der Waals surface area contributed by atoms with E-state index in [1.807, 2.05) is 13.1 Å². The fourth-order valence-electron chi connectivity index (χ4n) is 1.66. The molecule has 0 radical (unpaired) electrons. The normalized spacial score (nSPS) is 12.7. The molecule has 0 aliphatic rings. The van der Waals surface area contributed by atoms with E-state index in [9.17, 15) is 0 Å². The molecule has 2 heterocycles. The second-order valence-electron chi connectivity index (χ2n) is 4.12. The third-order valence-corrected chi connectivity index (χ3v) is 3.78. The number of nitrogens with zero attached hydrogens (tertiary/aromatic N) is 4. The van der Waals surface area contributed by atoms with Crippen molar-refractivity contribution in [3.05, 3.63) is 35.4 Å². The number of rotatable bonds is 5. The van der Waals surface area contributed by atoms with Crippen molar-refractivity contribution in [2.24, 2.45) is 0 Å². The van der Waals surface area contributed by atoms with Gasteiger partial charge in [-0.25, -0.2) is 15.0 Å². The number of nitrogens with one attached hydrogen (secondary N) is 1. The van der Waals surface area contributed by atoms with Crippen molar-refractivity contribution in [3.63, 3.8) is 0 Å². The van der Waals surface area contributed by atoms with Crippen molar-refractivity contribution >= 4 is 16.5 Å². The molecule has 0 aliphatic carbocycles. The summed E-state index contributed by atoms with van der Waals surface area (Å²) in [5.74, 6) is 0. The highest BCUT2D eigenvalue weighted by Crippen LogP contribution is 2.20. The largest absolute Gasteiger partial charge is 0.365 e. The average Bonchev–Trinajstić information content (AvgIpc) is 2.86. The van der Waals surface area contributed by atoms with Gasteiger partial charge in [-0.3, -0.25) is 4.90 Å². The van der Waals surface area contributed by atoms with Gasteiger partial charge in [0, 0.05) is 31.2 Å². The van der Waals surface area contributed by atoms with E-state index >= 15 is 0 Å². The van der Waals surface area contributed by atoms with Crippen LogP contribution < -0.4 is 5.32 Å². The first-order valence-electron chi connectivity index (χ1n) is 5.79. The van der Waals surface area contributed by atoms with E-state index in [0.717, 1.165) is 23.1 Å². The van der Waals surface area contributed by atoms with Gasteiger partial charge in [-0.15, -0.1) is 11.3 Å². The van der Waals surface area contributed by atoms with Crippen molar-refractivity contribution in [1.82, 2.24) is 19.9 Å². The van der Waals surface area contributed by atoms with Crippen LogP contribution >= 0.6 is 11.3 Å². The summed E-state index contributed by atoms with van der Waals surface area (Å²) in [5, 5.41) is 6.08. The molecule has 0 fully saturated rings. The van der Waals surface area contributed by atoms with Crippen LogP contribution in [0.1, 0.15) is 24.4 Å². The lowest BCUT2D eigenvalue weighted by Gasteiger charge is -2.23. The molecule has 5 nitrogen and oxygen atoms in total. The molecule has 6 heteroatoms. The number of hydrogen-bond acceptors (Lipinski definition) is 6. The second-order valence-corrected chi connectivity index (χ2v) is 4.98. The molecule has 0 aromatic carbocycles. The van der Waals surface area contributed by atoms with Gasteiger partial charge in [0.2, 0.25) is 0 Å². The monoisotopic (exact) mass is 263 g/mol. The summed E-state index contributed by atoms with van der Waals surface area (Å²) in [6, 6.07) is 2.19. The van der Waals surface area contributed by atoms with Crippen molar-refractivity contribution in [2.75, 3.05) is 19.4 Å². The minimum absolute atomic E-state index is 0.243. The molecule has 0 amide bonds. The number of thiazole rings is 1. The van der Waals surface area contributed by atoms with Crippen LogP contribution in [0.4, 0.5) is 5.13 Å². The fraction of sp³-hybridized carbons (Fsp3) is 0.417. The second kappa shape index (κ2) is 5.88. The molecule has 1 N–H and O–H groups in total. The van der Waals surface area contributed by atoms with Crippen LogP contribution in [-0.4, -0.2) is 33.9 Å². The quantitative estimate of drug-likeness (QED) is 0.896. The van der Waals surface area contributed by atoms with Crippen molar-refractivity contribution < 1.29 is 0 Å². The van der Waals surface area contributed by atoms with Crippen LogP contribution in [0.2, 0.25) is 0 Å². The van der Waals surface area contributed by atoms with E-state index in [0.29, 0.717) is 0 Å². The zero-order valence-electron chi connectivity index (χ0n) is 10.8. The summed E-state index contributed by atoms with van der Waals surface area (Å²) in [5.41, 5.74) is 2.10. The Morgan fingerprint density at radius 1 is 1.50 bits per heavy atom. The fourth-order valence-corrected chi connectivity index (χ4v) is 2.32. The Labute approximate surface area is 111 Å². The third kappa shape index (κ3) is 3.02. The van der Waals surface area contributed by atoms with E-state index in [-0.39, 0.29) is 6.04 Å². The molecule has 0 saturated carbocycles. The topological polar surface area (TPSA) is 53.9 Å². The van der Waals surface area contributed by atoms with E-state index in [2.05, 4.69) is 44.5 Å². The first kappa shape index (κ1) is 12.9. The Morgan fingerprint density at radius 2 is 2.33 bits per heavy atom. The number of aromatic nitrogens is 3. The molecule has 2 aromatic heterocycles. The Kier molecular flexibility index (Phi) is 4.22. The number of hydrogen-bond donors (Lipinski definition) is 1. The Bertz CT molecular complexity index is 484. The lowest BCUT2D eigenvalue weighted by Crippen LogP contribution is -2.22. The van der Waals surface area contributed by atoms with Gasteiger partial charge in [-0.2, -0.15) is 0 Å². The van der Waals surface area contributed by atoms with Crippen molar-refractivity contribution in [2.45, 2.75) is 19.5 Å². The standard InChI is InChI=1S/C12H17N5S/c1-9(11-4-5-14-8-15-11)17(3)6-10-7-18-12(13-2)16-10/h4-5,7-9H,6H2,1-3H3,(H,13,16). The molecule has 0 aliphatic heterocycles. The highest BCUT2D eigenvalue weighted by atomic mass is 32.1. The van der Waals surface area contributed by atoms with E-state index < -0.39 is 0 Å². The molecule has 1 atom stereocenters. The summed E-state index contributed by atoms with van der Waals surface area (Å²) in [6.07, 6.45) is 3.36. The Morgan fingerprint density at radius 3 is 2.94 bits per heavy atom. The molecular weight excluding hydrogens is 246 g/mol. The predicted molar refractivity (Wildman–Crippen MR) is 73.6 cm³/mol. The zero-order chi connectivity index (χ0) is 13.0. The lowest BCUT2D eigenvalue weighted by molar-refractivity contribution is 0.246. The van der Waals surface area contributed by atoms with Crippen LogP contribution in [0, 0.1) is 0 Å².